The van der Waals surface area contributed by atoms with E-state index in [0.717, 1.165) is 0 Å². The predicted octanol–water partition coefficient (Wildman–Crippen LogP) is 2.44. The van der Waals surface area contributed by atoms with E-state index in [2.05, 4.69) is 0 Å². The van der Waals surface area contributed by atoms with Crippen LogP contribution in [0.25, 0.3) is 0 Å². The van der Waals surface area contributed by atoms with E-state index in [1.165, 1.54) is 12.1 Å². The fourth-order valence-electron chi connectivity index (χ4n) is 1.35. The van der Waals surface area contributed by atoms with E-state index in [-0.39, 0.29) is 17.7 Å². The molecule has 0 fully saturated rings. The van der Waals surface area contributed by atoms with Crippen molar-refractivity contribution in [1.82, 2.24) is 0 Å². The van der Waals surface area contributed by atoms with Crippen LogP contribution < -0.4 is 0 Å². The zero-order valence-corrected chi connectivity index (χ0v) is 9.21. The largest absolute Gasteiger partial charge is 0.462 e. The van der Waals surface area contributed by atoms with Gasteiger partial charge in [0.2, 0.25) is 0 Å². The molecule has 4 heteroatoms. The maximum atomic E-state index is 13.5. The van der Waals surface area contributed by atoms with Gasteiger partial charge in [0.1, 0.15) is 17.4 Å². The van der Waals surface area contributed by atoms with Crippen molar-refractivity contribution < 1.29 is 13.9 Å². The molecular formula is C12H12FNO2. The molecule has 84 valence electrons. The van der Waals surface area contributed by atoms with Crippen molar-refractivity contribution in [3.63, 3.8) is 0 Å². The van der Waals surface area contributed by atoms with Crippen molar-refractivity contribution in [2.24, 2.45) is 0 Å². The van der Waals surface area contributed by atoms with Gasteiger partial charge in [0.15, 0.2) is 0 Å². The van der Waals surface area contributed by atoms with Gasteiger partial charge in [0, 0.05) is 0 Å². The van der Waals surface area contributed by atoms with Crippen LogP contribution in [0.15, 0.2) is 12.1 Å². The normalized spacial score (nSPS) is 9.62. The second-order valence-electron chi connectivity index (χ2n) is 3.19. The van der Waals surface area contributed by atoms with E-state index < -0.39 is 11.8 Å². The third-order valence-electron chi connectivity index (χ3n) is 2.17. The Morgan fingerprint density at radius 1 is 1.50 bits per heavy atom. The molecule has 0 heterocycles. The van der Waals surface area contributed by atoms with Gasteiger partial charge >= 0.3 is 5.97 Å². The summed E-state index contributed by atoms with van der Waals surface area (Å²) < 4.78 is 18.2. The van der Waals surface area contributed by atoms with Crippen LogP contribution in [-0.4, -0.2) is 12.6 Å². The van der Waals surface area contributed by atoms with Gasteiger partial charge in [-0.05, 0) is 31.0 Å². The number of nitrogens with zero attached hydrogens (tertiary/aromatic N) is 1. The van der Waals surface area contributed by atoms with Gasteiger partial charge in [0.25, 0.3) is 0 Å². The molecule has 0 bridgehead atoms. The first kappa shape index (κ1) is 12.2. The standard InChI is InChI=1S/C12H12FNO2/c1-3-8-5-9(12(15)16-4-2)10(7-14)11(13)6-8/h5-6H,3-4H2,1-2H3. The zero-order valence-electron chi connectivity index (χ0n) is 9.21. The topological polar surface area (TPSA) is 50.1 Å². The van der Waals surface area contributed by atoms with Crippen LogP contribution in [-0.2, 0) is 11.2 Å². The van der Waals surface area contributed by atoms with Crippen LogP contribution in [0.3, 0.4) is 0 Å². The minimum absolute atomic E-state index is 0.00111. The van der Waals surface area contributed by atoms with Gasteiger partial charge in [-0.15, -0.1) is 0 Å². The molecule has 1 aromatic rings. The van der Waals surface area contributed by atoms with E-state index in [4.69, 9.17) is 10.00 Å². The summed E-state index contributed by atoms with van der Waals surface area (Å²) in [7, 11) is 0. The smallest absolute Gasteiger partial charge is 0.339 e. The predicted molar refractivity (Wildman–Crippen MR) is 56.4 cm³/mol. The lowest BCUT2D eigenvalue weighted by Crippen LogP contribution is -2.09. The van der Waals surface area contributed by atoms with Crippen molar-refractivity contribution in [1.29, 1.82) is 5.26 Å². The molecule has 3 nitrogen and oxygen atoms in total. The van der Waals surface area contributed by atoms with Crippen LogP contribution >= 0.6 is 0 Å². The van der Waals surface area contributed by atoms with E-state index in [1.54, 1.807) is 13.0 Å². The Balaban J connectivity index is 3.29. The lowest BCUT2D eigenvalue weighted by Gasteiger charge is -2.06. The molecule has 0 spiro atoms. The summed E-state index contributed by atoms with van der Waals surface area (Å²) in [5.41, 5.74) is 0.413. The summed E-state index contributed by atoms with van der Waals surface area (Å²) in [5.74, 6) is -1.34. The number of nitriles is 1. The van der Waals surface area contributed by atoms with Crippen molar-refractivity contribution in [3.05, 3.63) is 34.6 Å². The number of halogens is 1. The molecule has 0 aliphatic heterocycles. The average Bonchev–Trinajstić information content (AvgIpc) is 2.28. The summed E-state index contributed by atoms with van der Waals surface area (Å²) in [4.78, 5) is 11.5. The van der Waals surface area contributed by atoms with E-state index in [0.29, 0.717) is 12.0 Å². The average molecular weight is 221 g/mol. The molecule has 1 rings (SSSR count). The Hall–Kier alpha value is -1.89. The molecule has 1 aromatic carbocycles. The number of carbonyl (C=O) groups excluding carboxylic acids is 1. The van der Waals surface area contributed by atoms with Crippen LogP contribution in [0.5, 0.6) is 0 Å². The molecule has 0 N–H and O–H groups in total. The lowest BCUT2D eigenvalue weighted by molar-refractivity contribution is 0.0525. The number of carbonyl (C=O) groups is 1. The Bertz CT molecular complexity index is 449. The van der Waals surface area contributed by atoms with Gasteiger partial charge in [0.05, 0.1) is 12.2 Å². The van der Waals surface area contributed by atoms with Gasteiger partial charge in [-0.2, -0.15) is 5.26 Å². The van der Waals surface area contributed by atoms with Crippen molar-refractivity contribution in [2.45, 2.75) is 20.3 Å². The number of esters is 1. The molecule has 0 radical (unpaired) electrons. The summed E-state index contributed by atoms with van der Waals surface area (Å²) >= 11 is 0. The molecule has 16 heavy (non-hydrogen) atoms. The van der Waals surface area contributed by atoms with Crippen molar-refractivity contribution in [3.8, 4) is 6.07 Å². The molecule has 0 amide bonds. The molecule has 0 aliphatic rings. The first-order valence-corrected chi connectivity index (χ1v) is 5.03. The number of benzene rings is 1. The van der Waals surface area contributed by atoms with Crippen molar-refractivity contribution >= 4 is 5.97 Å². The second-order valence-corrected chi connectivity index (χ2v) is 3.19. The Kier molecular flexibility index (Phi) is 4.01. The molecule has 0 atom stereocenters. The molecule has 0 unspecified atom stereocenters. The highest BCUT2D eigenvalue weighted by molar-refractivity contribution is 5.92. The quantitative estimate of drug-likeness (QED) is 0.736. The fraction of sp³-hybridized carbons (Fsp3) is 0.333. The highest BCUT2D eigenvalue weighted by atomic mass is 19.1. The summed E-state index contributed by atoms with van der Waals surface area (Å²) in [6.07, 6.45) is 0.592. The van der Waals surface area contributed by atoms with Crippen LogP contribution in [0.2, 0.25) is 0 Å². The van der Waals surface area contributed by atoms with Gasteiger partial charge in [-0.25, -0.2) is 9.18 Å². The Morgan fingerprint density at radius 3 is 2.69 bits per heavy atom. The second kappa shape index (κ2) is 5.26. The van der Waals surface area contributed by atoms with Crippen LogP contribution in [0.4, 0.5) is 4.39 Å². The summed E-state index contributed by atoms with van der Waals surface area (Å²) in [6, 6.07) is 4.44. The Morgan fingerprint density at radius 2 is 2.19 bits per heavy atom. The number of hydrogen-bond donors (Lipinski definition) is 0. The first-order valence-electron chi connectivity index (χ1n) is 5.03. The third kappa shape index (κ3) is 2.37. The van der Waals surface area contributed by atoms with E-state index in [9.17, 15) is 9.18 Å². The third-order valence-corrected chi connectivity index (χ3v) is 2.17. The number of rotatable bonds is 3. The minimum atomic E-state index is -0.676. The number of hydrogen-bond acceptors (Lipinski definition) is 3. The molecular weight excluding hydrogens is 209 g/mol. The SMILES string of the molecule is CCOC(=O)c1cc(CC)cc(F)c1C#N. The number of ether oxygens (including phenoxy) is 1. The lowest BCUT2D eigenvalue weighted by atomic mass is 10.0. The van der Waals surface area contributed by atoms with Gasteiger partial charge in [-0.3, -0.25) is 0 Å². The molecule has 0 saturated heterocycles. The highest BCUT2D eigenvalue weighted by Gasteiger charge is 2.17. The zero-order chi connectivity index (χ0) is 12.1. The van der Waals surface area contributed by atoms with Crippen molar-refractivity contribution in [2.75, 3.05) is 6.61 Å². The van der Waals surface area contributed by atoms with E-state index in [1.807, 2.05) is 6.92 Å². The number of aryl methyl sites for hydroxylation is 1. The Labute approximate surface area is 93.5 Å². The van der Waals surface area contributed by atoms with Crippen LogP contribution in [0, 0.1) is 17.1 Å². The highest BCUT2D eigenvalue weighted by Crippen LogP contribution is 2.17. The van der Waals surface area contributed by atoms with Crippen LogP contribution in [0.1, 0.15) is 35.3 Å². The summed E-state index contributed by atoms with van der Waals surface area (Å²) in [5, 5.41) is 8.78. The fourth-order valence-corrected chi connectivity index (χ4v) is 1.35. The first-order chi connectivity index (χ1) is 7.63. The van der Waals surface area contributed by atoms with Gasteiger partial charge < -0.3 is 4.74 Å². The molecule has 0 aliphatic carbocycles. The maximum absolute atomic E-state index is 13.5. The molecule has 0 aromatic heterocycles. The van der Waals surface area contributed by atoms with Gasteiger partial charge in [-0.1, -0.05) is 6.92 Å². The minimum Gasteiger partial charge on any atom is -0.462 e. The van der Waals surface area contributed by atoms with E-state index >= 15 is 0 Å². The monoisotopic (exact) mass is 221 g/mol. The molecule has 0 saturated carbocycles. The summed E-state index contributed by atoms with van der Waals surface area (Å²) in [6.45, 7) is 3.70. The maximum Gasteiger partial charge on any atom is 0.339 e.